The summed E-state index contributed by atoms with van der Waals surface area (Å²) in [5.41, 5.74) is 0. The highest BCUT2D eigenvalue weighted by Crippen LogP contribution is 2.06. The quantitative estimate of drug-likeness (QED) is 0.511. The van der Waals surface area contributed by atoms with E-state index in [0.717, 1.165) is 0 Å². The van der Waals surface area contributed by atoms with E-state index in [9.17, 15) is 15.0 Å². The monoisotopic (exact) mass is 216 g/mol. The summed E-state index contributed by atoms with van der Waals surface area (Å²) in [5.74, 6) is -0.111. The van der Waals surface area contributed by atoms with Crippen molar-refractivity contribution in [1.82, 2.24) is 0 Å². The Morgan fingerprint density at radius 2 is 1.93 bits per heavy atom. The zero-order chi connectivity index (χ0) is 11.8. The van der Waals surface area contributed by atoms with E-state index in [0.29, 0.717) is 5.92 Å². The summed E-state index contributed by atoms with van der Waals surface area (Å²) < 4.78 is 4.40. The number of esters is 1. The Morgan fingerprint density at radius 1 is 1.33 bits per heavy atom. The van der Waals surface area contributed by atoms with Crippen LogP contribution >= 0.6 is 0 Å². The molecule has 0 radical (unpaired) electrons. The third-order valence-corrected chi connectivity index (χ3v) is 1.86. The topological polar surface area (TPSA) is 66.8 Å². The molecule has 0 aromatic rings. The lowest BCUT2D eigenvalue weighted by molar-refractivity contribution is -0.143. The molecule has 4 heteroatoms. The van der Waals surface area contributed by atoms with Crippen molar-refractivity contribution in [3.63, 3.8) is 0 Å². The third kappa shape index (κ3) is 8.15. The third-order valence-electron chi connectivity index (χ3n) is 1.86. The minimum Gasteiger partial charge on any atom is -0.469 e. The van der Waals surface area contributed by atoms with Crippen molar-refractivity contribution in [3.05, 3.63) is 12.2 Å². The first-order valence-electron chi connectivity index (χ1n) is 5.07. The van der Waals surface area contributed by atoms with Gasteiger partial charge in [-0.25, -0.2) is 0 Å². The smallest absolute Gasteiger partial charge is 0.308 e. The van der Waals surface area contributed by atoms with Crippen LogP contribution in [0.2, 0.25) is 0 Å². The van der Waals surface area contributed by atoms with Crippen LogP contribution in [0, 0.1) is 5.92 Å². The van der Waals surface area contributed by atoms with Gasteiger partial charge in [0.2, 0.25) is 0 Å². The normalized spacial score (nSPS) is 15.6. The van der Waals surface area contributed by atoms with Crippen molar-refractivity contribution >= 4 is 5.97 Å². The number of hydrogen-bond donors (Lipinski definition) is 2. The summed E-state index contributed by atoms with van der Waals surface area (Å²) in [6.07, 6.45) is 1.98. The maximum absolute atomic E-state index is 10.8. The molecule has 0 spiro atoms. The van der Waals surface area contributed by atoms with Gasteiger partial charge in [-0.1, -0.05) is 26.0 Å². The van der Waals surface area contributed by atoms with E-state index in [1.54, 1.807) is 6.08 Å². The van der Waals surface area contributed by atoms with Crippen molar-refractivity contribution in [1.29, 1.82) is 0 Å². The van der Waals surface area contributed by atoms with Gasteiger partial charge in [0.1, 0.15) is 0 Å². The molecule has 2 atom stereocenters. The molecule has 2 unspecified atom stereocenters. The van der Waals surface area contributed by atoms with Gasteiger partial charge >= 0.3 is 5.97 Å². The largest absolute Gasteiger partial charge is 0.469 e. The van der Waals surface area contributed by atoms with Crippen LogP contribution in [0.5, 0.6) is 0 Å². The first-order valence-corrected chi connectivity index (χ1v) is 5.07. The number of rotatable bonds is 6. The minimum absolute atomic E-state index is 0.0803. The Kier molecular flexibility index (Phi) is 6.99. The number of methoxy groups -OCH3 is 1. The zero-order valence-corrected chi connectivity index (χ0v) is 9.51. The number of aliphatic hydroxyl groups is 2. The van der Waals surface area contributed by atoms with E-state index in [2.05, 4.69) is 4.74 Å². The Morgan fingerprint density at radius 3 is 2.40 bits per heavy atom. The minimum atomic E-state index is -0.857. The molecule has 0 fully saturated rings. The Bertz CT molecular complexity index is 211. The van der Waals surface area contributed by atoms with E-state index in [-0.39, 0.29) is 12.8 Å². The van der Waals surface area contributed by atoms with Crippen LogP contribution in [0.1, 0.15) is 26.7 Å². The van der Waals surface area contributed by atoms with E-state index in [4.69, 9.17) is 0 Å². The second kappa shape index (κ2) is 7.43. The van der Waals surface area contributed by atoms with Gasteiger partial charge < -0.3 is 14.9 Å². The number of aliphatic hydroxyl groups excluding tert-OH is 2. The summed E-state index contributed by atoms with van der Waals surface area (Å²) in [6.45, 7) is 3.99. The van der Waals surface area contributed by atoms with Crippen LogP contribution in [0.3, 0.4) is 0 Å². The zero-order valence-electron chi connectivity index (χ0n) is 9.51. The van der Waals surface area contributed by atoms with Gasteiger partial charge in [-0.05, 0) is 5.92 Å². The van der Waals surface area contributed by atoms with Crippen molar-refractivity contribution in [2.24, 2.45) is 5.92 Å². The average molecular weight is 216 g/mol. The molecule has 0 saturated carbocycles. The maximum atomic E-state index is 10.8. The molecular formula is C11H20O4. The fraction of sp³-hybridized carbons (Fsp3) is 0.727. The van der Waals surface area contributed by atoms with Crippen LogP contribution in [-0.2, 0) is 9.53 Å². The molecule has 15 heavy (non-hydrogen) atoms. The number of carbonyl (C=O) groups is 1. The molecule has 0 aromatic heterocycles. The van der Waals surface area contributed by atoms with Gasteiger partial charge in [-0.3, -0.25) is 4.79 Å². The maximum Gasteiger partial charge on any atom is 0.308 e. The fourth-order valence-corrected chi connectivity index (χ4v) is 1.07. The molecule has 0 rings (SSSR count). The van der Waals surface area contributed by atoms with E-state index < -0.39 is 18.2 Å². The molecule has 0 aliphatic carbocycles. The summed E-state index contributed by atoms with van der Waals surface area (Å²) in [5, 5.41) is 18.8. The van der Waals surface area contributed by atoms with Gasteiger partial charge in [-0.15, -0.1) is 0 Å². The summed E-state index contributed by atoms with van der Waals surface area (Å²) in [4.78, 5) is 10.8. The second-order valence-corrected chi connectivity index (χ2v) is 3.87. The molecule has 0 saturated heterocycles. The summed E-state index contributed by atoms with van der Waals surface area (Å²) in [7, 11) is 1.27. The molecule has 0 aliphatic heterocycles. The van der Waals surface area contributed by atoms with Gasteiger partial charge in [-0.2, -0.15) is 0 Å². The lowest BCUT2D eigenvalue weighted by Crippen LogP contribution is -2.20. The van der Waals surface area contributed by atoms with Gasteiger partial charge in [0.05, 0.1) is 25.7 Å². The average Bonchev–Trinajstić information content (AvgIpc) is 2.14. The molecule has 2 N–H and O–H groups in total. The number of ether oxygens (including phenoxy) is 1. The molecule has 0 aromatic carbocycles. The van der Waals surface area contributed by atoms with Crippen LogP contribution < -0.4 is 0 Å². The van der Waals surface area contributed by atoms with Crippen molar-refractivity contribution in [2.75, 3.05) is 7.11 Å². The van der Waals surface area contributed by atoms with E-state index in [1.807, 2.05) is 19.9 Å². The van der Waals surface area contributed by atoms with Gasteiger partial charge in [0.15, 0.2) is 0 Å². The van der Waals surface area contributed by atoms with Crippen LogP contribution in [0.25, 0.3) is 0 Å². The lowest BCUT2D eigenvalue weighted by atomic mass is 10.1. The Hall–Kier alpha value is -0.870. The predicted molar refractivity (Wildman–Crippen MR) is 57.2 cm³/mol. The fourth-order valence-electron chi connectivity index (χ4n) is 1.07. The molecule has 4 nitrogen and oxygen atoms in total. The van der Waals surface area contributed by atoms with Gasteiger partial charge in [0.25, 0.3) is 0 Å². The molecular weight excluding hydrogens is 196 g/mol. The predicted octanol–water partition coefficient (Wildman–Crippen LogP) is 0.874. The highest BCUT2D eigenvalue weighted by atomic mass is 16.5. The Labute approximate surface area is 90.6 Å². The molecule has 0 aliphatic rings. The van der Waals surface area contributed by atoms with Crippen LogP contribution in [0.4, 0.5) is 0 Å². The van der Waals surface area contributed by atoms with Crippen molar-refractivity contribution < 1.29 is 19.7 Å². The number of allylic oxidation sites excluding steroid dienone is 1. The van der Waals surface area contributed by atoms with E-state index in [1.165, 1.54) is 7.11 Å². The van der Waals surface area contributed by atoms with Crippen molar-refractivity contribution in [2.45, 2.75) is 38.9 Å². The second-order valence-electron chi connectivity index (χ2n) is 3.87. The lowest BCUT2D eigenvalue weighted by Gasteiger charge is -2.11. The van der Waals surface area contributed by atoms with E-state index >= 15 is 0 Å². The first-order chi connectivity index (χ1) is 6.95. The summed E-state index contributed by atoms with van der Waals surface area (Å²) in [6, 6.07) is 0. The SMILES string of the molecule is COC(=O)CC(O)CC(O)/C=C/C(C)C. The van der Waals surface area contributed by atoms with Crippen molar-refractivity contribution in [3.8, 4) is 0 Å². The molecule has 0 amide bonds. The first kappa shape index (κ1) is 14.1. The standard InChI is InChI=1S/C11H20O4/c1-8(2)4-5-9(12)6-10(13)7-11(14)15-3/h4-5,8-10,12-13H,6-7H2,1-3H3/b5-4+. The molecule has 0 heterocycles. The number of carbonyl (C=O) groups excluding carboxylic acids is 1. The summed E-state index contributed by atoms with van der Waals surface area (Å²) >= 11 is 0. The molecule has 0 bridgehead atoms. The number of hydrogen-bond acceptors (Lipinski definition) is 4. The van der Waals surface area contributed by atoms with Gasteiger partial charge in [0, 0.05) is 6.42 Å². The highest BCUT2D eigenvalue weighted by Gasteiger charge is 2.14. The van der Waals surface area contributed by atoms with Crippen LogP contribution in [-0.4, -0.2) is 35.5 Å². The Balaban J connectivity index is 3.85. The van der Waals surface area contributed by atoms with Crippen LogP contribution in [0.15, 0.2) is 12.2 Å². The molecule has 88 valence electrons. The highest BCUT2D eigenvalue weighted by molar-refractivity contribution is 5.69.